The zero-order valence-corrected chi connectivity index (χ0v) is 15.2. The number of alkyl halides is 6. The Morgan fingerprint density at radius 3 is 2.23 bits per heavy atom. The molecule has 1 aromatic carbocycles. The fourth-order valence-corrected chi connectivity index (χ4v) is 2.75. The number of aromatic hydroxyl groups is 1. The number of halogens is 6. The molecule has 0 saturated heterocycles. The van der Waals surface area contributed by atoms with Crippen LogP contribution in [-0.2, 0) is 12.4 Å². The third kappa shape index (κ3) is 4.90. The maximum atomic E-state index is 13.5. The van der Waals surface area contributed by atoms with Gasteiger partial charge < -0.3 is 10.4 Å². The van der Waals surface area contributed by atoms with Crippen molar-refractivity contribution in [2.75, 3.05) is 0 Å². The summed E-state index contributed by atoms with van der Waals surface area (Å²) in [7, 11) is 0. The first kappa shape index (κ1) is 22.0. The number of pyridine rings is 1. The molecule has 2 heterocycles. The molecule has 0 saturated carbocycles. The fraction of sp³-hybridized carbons (Fsp3) is 0.158. The van der Waals surface area contributed by atoms with Crippen molar-refractivity contribution in [1.82, 2.24) is 20.3 Å². The fourth-order valence-electron chi connectivity index (χ4n) is 2.75. The maximum absolute atomic E-state index is 13.5. The molecule has 31 heavy (non-hydrogen) atoms. The molecule has 3 rings (SSSR count). The second kappa shape index (κ2) is 8.20. The van der Waals surface area contributed by atoms with E-state index >= 15 is 0 Å². The number of benzene rings is 1. The van der Waals surface area contributed by atoms with Gasteiger partial charge in [0.05, 0.1) is 22.9 Å². The van der Waals surface area contributed by atoms with Crippen LogP contribution in [0.2, 0.25) is 0 Å². The number of nitrogens with zero attached hydrogens (tertiary/aromatic N) is 3. The third-order valence-corrected chi connectivity index (χ3v) is 4.20. The summed E-state index contributed by atoms with van der Waals surface area (Å²) in [4.78, 5) is 23.3. The van der Waals surface area contributed by atoms with Crippen LogP contribution in [0.15, 0.2) is 55.1 Å². The van der Waals surface area contributed by atoms with Crippen molar-refractivity contribution >= 4 is 5.91 Å². The van der Waals surface area contributed by atoms with Crippen molar-refractivity contribution in [2.24, 2.45) is 0 Å². The number of aromatic nitrogens is 3. The van der Waals surface area contributed by atoms with Gasteiger partial charge >= 0.3 is 12.4 Å². The van der Waals surface area contributed by atoms with E-state index in [4.69, 9.17) is 0 Å². The topological polar surface area (TPSA) is 88.0 Å². The molecule has 3 aromatic rings. The lowest BCUT2D eigenvalue weighted by Crippen LogP contribution is -2.32. The van der Waals surface area contributed by atoms with Crippen LogP contribution in [0.4, 0.5) is 26.3 Å². The SMILES string of the molecule is O=C(NC(c1ccc(C(F)(F)F)cc1)c1ncccc1C(F)(F)F)c1cncnc1O. The quantitative estimate of drug-likeness (QED) is 0.594. The van der Waals surface area contributed by atoms with Gasteiger partial charge in [0.15, 0.2) is 0 Å². The number of carbonyl (C=O) groups excluding carboxylic acids is 1. The second-order valence-electron chi connectivity index (χ2n) is 6.22. The van der Waals surface area contributed by atoms with Gasteiger partial charge in [0.1, 0.15) is 11.9 Å². The average molecular weight is 442 g/mol. The average Bonchev–Trinajstić information content (AvgIpc) is 2.71. The van der Waals surface area contributed by atoms with Crippen LogP contribution in [-0.4, -0.2) is 26.0 Å². The Morgan fingerprint density at radius 2 is 1.65 bits per heavy atom. The number of rotatable bonds is 4. The van der Waals surface area contributed by atoms with Gasteiger partial charge in [-0.05, 0) is 29.8 Å². The first-order chi connectivity index (χ1) is 14.5. The van der Waals surface area contributed by atoms with Crippen LogP contribution in [0.25, 0.3) is 0 Å². The van der Waals surface area contributed by atoms with Gasteiger partial charge in [-0.3, -0.25) is 9.78 Å². The second-order valence-corrected chi connectivity index (χ2v) is 6.22. The molecule has 2 N–H and O–H groups in total. The molecule has 0 aliphatic carbocycles. The largest absolute Gasteiger partial charge is 0.493 e. The first-order valence-electron chi connectivity index (χ1n) is 8.47. The molecule has 0 aliphatic heterocycles. The van der Waals surface area contributed by atoms with Crippen molar-refractivity contribution in [3.63, 3.8) is 0 Å². The summed E-state index contributed by atoms with van der Waals surface area (Å²) in [5, 5.41) is 12.0. The molecule has 0 spiro atoms. The summed E-state index contributed by atoms with van der Waals surface area (Å²) in [6, 6.07) is 3.39. The van der Waals surface area contributed by atoms with Crippen molar-refractivity contribution in [3.05, 3.63) is 83.1 Å². The Bertz CT molecular complexity index is 1080. The van der Waals surface area contributed by atoms with E-state index in [1.807, 2.05) is 0 Å². The highest BCUT2D eigenvalue weighted by molar-refractivity contribution is 5.96. The molecule has 1 unspecified atom stereocenters. The monoisotopic (exact) mass is 442 g/mol. The van der Waals surface area contributed by atoms with Crippen molar-refractivity contribution in [2.45, 2.75) is 18.4 Å². The maximum Gasteiger partial charge on any atom is 0.418 e. The molecule has 6 nitrogen and oxygen atoms in total. The normalized spacial score (nSPS) is 13.0. The van der Waals surface area contributed by atoms with Gasteiger partial charge in [-0.2, -0.15) is 26.3 Å². The molecular formula is C19H12F6N4O2. The van der Waals surface area contributed by atoms with Crippen molar-refractivity contribution in [1.29, 1.82) is 0 Å². The Balaban J connectivity index is 2.09. The highest BCUT2D eigenvalue weighted by Crippen LogP contribution is 2.36. The molecular weight excluding hydrogens is 430 g/mol. The molecule has 0 radical (unpaired) electrons. The van der Waals surface area contributed by atoms with E-state index in [9.17, 15) is 36.2 Å². The minimum atomic E-state index is -4.85. The zero-order chi connectivity index (χ0) is 22.8. The highest BCUT2D eigenvalue weighted by Gasteiger charge is 2.37. The number of carbonyl (C=O) groups is 1. The van der Waals surface area contributed by atoms with Crippen molar-refractivity contribution < 1.29 is 36.2 Å². The summed E-state index contributed by atoms with van der Waals surface area (Å²) in [5.74, 6) is -1.78. The minimum Gasteiger partial charge on any atom is -0.493 e. The summed E-state index contributed by atoms with van der Waals surface area (Å²) in [5.41, 5.74) is -3.38. The smallest absolute Gasteiger partial charge is 0.418 e. The van der Waals surface area contributed by atoms with Crippen LogP contribution in [0.1, 0.15) is 38.8 Å². The first-order valence-corrected chi connectivity index (χ1v) is 8.47. The molecule has 0 bridgehead atoms. The summed E-state index contributed by atoms with van der Waals surface area (Å²) in [6.07, 6.45) is -6.58. The van der Waals surface area contributed by atoms with Gasteiger partial charge in [0.2, 0.25) is 5.88 Å². The Morgan fingerprint density at radius 1 is 0.968 bits per heavy atom. The molecule has 1 atom stereocenters. The van der Waals surface area contributed by atoms with E-state index in [-0.39, 0.29) is 5.56 Å². The molecule has 0 fully saturated rings. The molecule has 12 heteroatoms. The van der Waals surface area contributed by atoms with Crippen LogP contribution >= 0.6 is 0 Å². The summed E-state index contributed by atoms with van der Waals surface area (Å²) >= 11 is 0. The molecule has 2 aromatic heterocycles. The van der Waals surface area contributed by atoms with Gasteiger partial charge in [0.25, 0.3) is 5.91 Å². The van der Waals surface area contributed by atoms with Crippen LogP contribution in [0, 0.1) is 0 Å². The number of hydrogen-bond donors (Lipinski definition) is 2. The zero-order valence-electron chi connectivity index (χ0n) is 15.2. The number of amides is 1. The van der Waals surface area contributed by atoms with Crippen LogP contribution in [0.3, 0.4) is 0 Å². The summed E-state index contributed by atoms with van der Waals surface area (Å²) < 4.78 is 79.1. The third-order valence-electron chi connectivity index (χ3n) is 4.20. The molecule has 1 amide bonds. The molecule has 162 valence electrons. The van der Waals surface area contributed by atoms with E-state index in [0.29, 0.717) is 12.1 Å². The lowest BCUT2D eigenvalue weighted by Gasteiger charge is -2.23. The van der Waals surface area contributed by atoms with Gasteiger partial charge in [-0.1, -0.05) is 12.1 Å². The van der Waals surface area contributed by atoms with E-state index in [1.165, 1.54) is 0 Å². The Hall–Kier alpha value is -3.70. The number of hydrogen-bond acceptors (Lipinski definition) is 5. The van der Waals surface area contributed by atoms with Crippen LogP contribution < -0.4 is 5.32 Å². The van der Waals surface area contributed by atoms with E-state index in [2.05, 4.69) is 20.3 Å². The highest BCUT2D eigenvalue weighted by atomic mass is 19.4. The van der Waals surface area contributed by atoms with Gasteiger partial charge in [-0.25, -0.2) is 9.97 Å². The van der Waals surface area contributed by atoms with Crippen molar-refractivity contribution in [3.8, 4) is 5.88 Å². The lowest BCUT2D eigenvalue weighted by atomic mass is 9.97. The van der Waals surface area contributed by atoms with E-state index in [1.54, 1.807) is 0 Å². The Labute approximate surface area is 170 Å². The predicted octanol–water partition coefficient (Wildman–Crippen LogP) is 4.13. The van der Waals surface area contributed by atoms with Gasteiger partial charge in [-0.15, -0.1) is 0 Å². The molecule has 0 aliphatic rings. The Kier molecular flexibility index (Phi) is 5.82. The van der Waals surface area contributed by atoms with E-state index < -0.39 is 52.6 Å². The minimum absolute atomic E-state index is 0.0955. The van der Waals surface area contributed by atoms with E-state index in [0.717, 1.165) is 43.0 Å². The van der Waals surface area contributed by atoms with Gasteiger partial charge in [0, 0.05) is 12.4 Å². The van der Waals surface area contributed by atoms with Crippen LogP contribution in [0.5, 0.6) is 5.88 Å². The lowest BCUT2D eigenvalue weighted by molar-refractivity contribution is -0.139. The number of nitrogens with one attached hydrogen (secondary N) is 1. The standard InChI is InChI=1S/C19H12F6N4O2/c20-18(21,22)11-5-3-10(4-6-11)14(15-13(19(23,24)25)2-1-7-27-15)29-17(31)12-8-26-9-28-16(12)30/h1-9,14H,(H,29,31)(H,26,28,30). The predicted molar refractivity (Wildman–Crippen MR) is 93.7 cm³/mol. The summed E-state index contributed by atoms with van der Waals surface area (Å²) in [6.45, 7) is 0.